The quantitative estimate of drug-likeness (QED) is 0.368. The van der Waals surface area contributed by atoms with Crippen molar-refractivity contribution < 1.29 is 0 Å². The molecule has 1 heterocycles. The highest BCUT2D eigenvalue weighted by Gasteiger charge is 2.42. The lowest BCUT2D eigenvalue weighted by atomic mass is 9.61. The predicted octanol–water partition coefficient (Wildman–Crippen LogP) is 8.73. The zero-order valence-electron chi connectivity index (χ0n) is 21.5. The van der Waals surface area contributed by atoms with Gasteiger partial charge >= 0.3 is 0 Å². The van der Waals surface area contributed by atoms with Gasteiger partial charge in [0.15, 0.2) is 0 Å². The van der Waals surface area contributed by atoms with E-state index in [9.17, 15) is 0 Å². The molecule has 1 nitrogen and oxygen atoms in total. The Labute approximate surface area is 203 Å². The molecule has 2 aliphatic rings. The number of nitrogens with zero attached hydrogens (tertiary/aromatic N) is 1. The molecule has 0 N–H and O–H groups in total. The maximum absolute atomic E-state index is 4.53. The molecule has 1 saturated carbocycles. The summed E-state index contributed by atoms with van der Waals surface area (Å²) in [6.07, 6.45) is 10.9. The van der Waals surface area contributed by atoms with E-state index in [2.05, 4.69) is 70.9 Å². The number of allylic oxidation sites excluding steroid dienone is 1. The van der Waals surface area contributed by atoms with Gasteiger partial charge in [-0.3, -0.25) is 0 Å². The second-order valence-corrected chi connectivity index (χ2v) is 12.7. The van der Waals surface area contributed by atoms with Gasteiger partial charge in [0.05, 0.1) is 0 Å². The molecule has 1 aromatic carbocycles. The average Bonchev–Trinajstić information content (AvgIpc) is 2.73. The van der Waals surface area contributed by atoms with Crippen LogP contribution in [0.1, 0.15) is 89.3 Å². The summed E-state index contributed by atoms with van der Waals surface area (Å²) in [5.41, 5.74) is 6.01. The minimum atomic E-state index is 0.562. The fourth-order valence-corrected chi connectivity index (χ4v) is 7.12. The van der Waals surface area contributed by atoms with E-state index in [1.807, 2.05) is 11.8 Å². The van der Waals surface area contributed by atoms with Crippen molar-refractivity contribution in [3.05, 3.63) is 53.0 Å². The molecule has 3 rings (SSSR count). The van der Waals surface area contributed by atoms with Gasteiger partial charge in [0.1, 0.15) is 0 Å². The van der Waals surface area contributed by atoms with E-state index in [0.717, 1.165) is 18.3 Å². The van der Waals surface area contributed by atoms with E-state index in [0.29, 0.717) is 11.3 Å². The summed E-state index contributed by atoms with van der Waals surface area (Å²) in [6, 6.07) is 7.01. The van der Waals surface area contributed by atoms with Crippen molar-refractivity contribution in [1.29, 1.82) is 0 Å². The second kappa shape index (κ2) is 11.3. The molecule has 2 heteroatoms. The Morgan fingerprint density at radius 1 is 1.16 bits per heavy atom. The number of likely N-dealkylation sites (tertiary alicyclic amines) is 1. The fourth-order valence-electron chi connectivity index (χ4n) is 6.35. The summed E-state index contributed by atoms with van der Waals surface area (Å²) in [5.74, 6) is 3.77. The monoisotopic (exact) mass is 453 g/mol. The van der Waals surface area contributed by atoms with Crippen molar-refractivity contribution in [2.75, 3.05) is 18.8 Å². The molecule has 2 unspecified atom stereocenters. The van der Waals surface area contributed by atoms with Crippen molar-refractivity contribution in [3.8, 4) is 0 Å². The lowest BCUT2D eigenvalue weighted by Crippen LogP contribution is -2.43. The largest absolute Gasteiger partial charge is 0.371 e. The number of rotatable bonds is 9. The number of piperidine rings is 1. The van der Waals surface area contributed by atoms with Gasteiger partial charge < -0.3 is 4.90 Å². The molecule has 2 fully saturated rings. The Hall–Kier alpha value is -1.15. The van der Waals surface area contributed by atoms with Crippen LogP contribution in [0.2, 0.25) is 0 Å². The Morgan fingerprint density at radius 2 is 1.84 bits per heavy atom. The third-order valence-electron chi connectivity index (χ3n) is 7.88. The maximum Gasteiger partial charge on any atom is 0.0366 e. The van der Waals surface area contributed by atoms with E-state index < -0.39 is 0 Å². The molecule has 1 aliphatic heterocycles. The molecule has 1 saturated heterocycles. The lowest BCUT2D eigenvalue weighted by Gasteiger charge is -2.50. The third kappa shape index (κ3) is 6.69. The summed E-state index contributed by atoms with van der Waals surface area (Å²) in [4.78, 5) is 3.85. The topological polar surface area (TPSA) is 3.24 Å². The highest BCUT2D eigenvalue weighted by molar-refractivity contribution is 8.03. The number of thioether (sulfide) groups is 1. The number of aryl methyl sites for hydroxylation is 1. The van der Waals surface area contributed by atoms with Crippen LogP contribution >= 0.6 is 11.8 Å². The molecular formula is C30H47NS. The Balaban J connectivity index is 1.63. The summed E-state index contributed by atoms with van der Waals surface area (Å²) >= 11 is 1.99. The number of benzene rings is 1. The van der Waals surface area contributed by atoms with Gasteiger partial charge in [0.25, 0.3) is 0 Å². The van der Waals surface area contributed by atoms with Gasteiger partial charge in [-0.2, -0.15) is 0 Å². The van der Waals surface area contributed by atoms with Crippen molar-refractivity contribution in [3.63, 3.8) is 0 Å². The molecule has 0 aromatic heterocycles. The molecule has 32 heavy (non-hydrogen) atoms. The summed E-state index contributed by atoms with van der Waals surface area (Å²) < 4.78 is 0. The van der Waals surface area contributed by atoms with Gasteiger partial charge in [-0.1, -0.05) is 58.9 Å². The highest BCUT2D eigenvalue weighted by Crippen LogP contribution is 2.51. The highest BCUT2D eigenvalue weighted by atomic mass is 32.2. The minimum Gasteiger partial charge on any atom is -0.371 e. The number of hydrogen-bond donors (Lipinski definition) is 0. The van der Waals surface area contributed by atoms with Gasteiger partial charge in [-0.15, -0.1) is 11.8 Å². The van der Waals surface area contributed by atoms with Crippen molar-refractivity contribution in [2.24, 2.45) is 23.2 Å². The summed E-state index contributed by atoms with van der Waals surface area (Å²) in [6.45, 7) is 22.4. The van der Waals surface area contributed by atoms with Crippen LogP contribution in [0.3, 0.4) is 0 Å². The summed E-state index contributed by atoms with van der Waals surface area (Å²) in [7, 11) is 0. The zero-order chi connectivity index (χ0) is 23.3. The lowest BCUT2D eigenvalue weighted by molar-refractivity contribution is 0.0382. The minimum absolute atomic E-state index is 0.562. The fraction of sp³-hybridized carbons (Fsp3) is 0.667. The van der Waals surface area contributed by atoms with Crippen LogP contribution in [0, 0.1) is 30.1 Å². The smallest absolute Gasteiger partial charge is 0.0366 e. The van der Waals surface area contributed by atoms with E-state index >= 15 is 0 Å². The van der Waals surface area contributed by atoms with E-state index in [1.165, 1.54) is 91.1 Å². The van der Waals surface area contributed by atoms with Gasteiger partial charge in [0, 0.05) is 24.5 Å². The van der Waals surface area contributed by atoms with E-state index in [4.69, 9.17) is 0 Å². The van der Waals surface area contributed by atoms with Crippen LogP contribution in [-0.4, -0.2) is 23.7 Å². The SMILES string of the molecule is C=C(C)SCC1CC(CCC)CC2(CCN(C(=C)c3ccc(CC(C)C)c(C)c3)CC2)C1. The Bertz CT molecular complexity index is 784. The van der Waals surface area contributed by atoms with Crippen LogP contribution in [0.5, 0.6) is 0 Å². The maximum atomic E-state index is 4.53. The number of hydrogen-bond acceptors (Lipinski definition) is 2. The summed E-state index contributed by atoms with van der Waals surface area (Å²) in [5, 5.41) is 0. The van der Waals surface area contributed by atoms with Crippen LogP contribution in [0.15, 0.2) is 36.3 Å². The van der Waals surface area contributed by atoms with Gasteiger partial charge in [0.2, 0.25) is 0 Å². The first kappa shape index (κ1) is 25.5. The molecule has 0 radical (unpaired) electrons. The van der Waals surface area contributed by atoms with Crippen LogP contribution in [0.4, 0.5) is 0 Å². The third-order valence-corrected chi connectivity index (χ3v) is 9.01. The molecule has 1 spiro atoms. The van der Waals surface area contributed by atoms with E-state index in [-0.39, 0.29) is 0 Å². The first-order chi connectivity index (χ1) is 15.2. The molecule has 2 atom stereocenters. The normalized spacial score (nSPS) is 23.0. The standard InChI is InChI=1S/C30H47NS/c1-8-9-26-18-27(21-32-23(4)5)20-30(19-26)12-14-31(15-13-30)25(7)29-11-10-28(16-22(2)3)24(6)17-29/h10-11,17,22,26-27H,4,7-9,12-16,18-21H2,1-3,5-6H3. The molecule has 1 aromatic rings. The van der Waals surface area contributed by atoms with Crippen LogP contribution in [-0.2, 0) is 6.42 Å². The Kier molecular flexibility index (Phi) is 9.01. The molecule has 1 aliphatic carbocycles. The van der Waals surface area contributed by atoms with Crippen molar-refractivity contribution in [2.45, 2.75) is 86.0 Å². The molecule has 178 valence electrons. The molecule has 0 amide bonds. The zero-order valence-corrected chi connectivity index (χ0v) is 22.3. The van der Waals surface area contributed by atoms with Crippen LogP contribution in [0.25, 0.3) is 5.70 Å². The van der Waals surface area contributed by atoms with Crippen LogP contribution < -0.4 is 0 Å². The molecular weight excluding hydrogens is 406 g/mol. The second-order valence-electron chi connectivity index (χ2n) is 11.4. The van der Waals surface area contributed by atoms with Gasteiger partial charge in [-0.25, -0.2) is 0 Å². The first-order valence-electron chi connectivity index (χ1n) is 13.0. The molecule has 0 bridgehead atoms. The Morgan fingerprint density at radius 3 is 2.44 bits per heavy atom. The average molecular weight is 454 g/mol. The predicted molar refractivity (Wildman–Crippen MR) is 145 cm³/mol. The van der Waals surface area contributed by atoms with Crippen molar-refractivity contribution >= 4 is 17.5 Å². The first-order valence-corrected chi connectivity index (χ1v) is 14.0. The van der Waals surface area contributed by atoms with Crippen molar-refractivity contribution in [1.82, 2.24) is 4.90 Å². The van der Waals surface area contributed by atoms with Gasteiger partial charge in [-0.05, 0) is 103 Å². The van der Waals surface area contributed by atoms with E-state index in [1.54, 1.807) is 0 Å².